The van der Waals surface area contributed by atoms with Crippen LogP contribution in [-0.2, 0) is 6.42 Å². The zero-order chi connectivity index (χ0) is 20.6. The molecule has 1 heterocycles. The molecule has 0 amide bonds. The minimum absolute atomic E-state index is 0.0128. The molecule has 2 bridgehead atoms. The van der Waals surface area contributed by atoms with Gasteiger partial charge in [0.1, 0.15) is 28.9 Å². The number of aldehydes is 1. The smallest absolute Gasteiger partial charge is 0.170 e. The summed E-state index contributed by atoms with van der Waals surface area (Å²) in [6, 6.07) is 0. The number of hydrogen-bond donors (Lipinski definition) is 2. The molecule has 3 fully saturated rings. The van der Waals surface area contributed by atoms with Gasteiger partial charge in [-0.25, -0.2) is 0 Å². The highest BCUT2D eigenvalue weighted by Gasteiger charge is 2.64. The molecule has 1 aliphatic heterocycles. The molecule has 0 spiro atoms. The summed E-state index contributed by atoms with van der Waals surface area (Å²) in [5.41, 5.74) is 0.385. The lowest BCUT2D eigenvalue weighted by Gasteiger charge is -2.66. The van der Waals surface area contributed by atoms with Crippen LogP contribution in [-0.4, -0.2) is 28.4 Å². The Morgan fingerprint density at radius 1 is 1.25 bits per heavy atom. The monoisotopic (exact) mass is 386 g/mol. The van der Waals surface area contributed by atoms with Crippen LogP contribution in [0.15, 0.2) is 0 Å². The molecule has 152 valence electrons. The maximum Gasteiger partial charge on any atom is 0.170 e. The first-order valence-corrected chi connectivity index (χ1v) is 10.3. The summed E-state index contributed by atoms with van der Waals surface area (Å²) < 4.78 is 6.36. The van der Waals surface area contributed by atoms with E-state index in [2.05, 4.69) is 20.8 Å². The van der Waals surface area contributed by atoms with Gasteiger partial charge in [0.2, 0.25) is 0 Å². The van der Waals surface area contributed by atoms with Gasteiger partial charge in [-0.1, -0.05) is 34.6 Å². The zero-order valence-corrected chi connectivity index (χ0v) is 17.3. The van der Waals surface area contributed by atoms with Gasteiger partial charge >= 0.3 is 0 Å². The van der Waals surface area contributed by atoms with Gasteiger partial charge in [0.15, 0.2) is 12.1 Å². The van der Waals surface area contributed by atoms with Crippen molar-refractivity contribution in [3.8, 4) is 17.2 Å². The van der Waals surface area contributed by atoms with E-state index in [9.17, 15) is 19.8 Å². The Kier molecular flexibility index (Phi) is 4.12. The van der Waals surface area contributed by atoms with E-state index in [4.69, 9.17) is 4.74 Å². The SMILES string of the molecule is CC(C)CC(=O)c1c(O)c(C=O)c2c(c1O)C[C@@]1(C)C[C@H]3C[C@H]([C@H]1O2)C3(C)C. The van der Waals surface area contributed by atoms with E-state index in [-0.39, 0.29) is 57.7 Å². The van der Waals surface area contributed by atoms with E-state index >= 15 is 0 Å². The molecule has 5 heteroatoms. The van der Waals surface area contributed by atoms with Gasteiger partial charge < -0.3 is 14.9 Å². The molecule has 5 rings (SSSR count). The highest BCUT2D eigenvalue weighted by Crippen LogP contribution is 2.67. The van der Waals surface area contributed by atoms with Crippen molar-refractivity contribution in [3.05, 3.63) is 16.7 Å². The number of aromatic hydroxyl groups is 2. The van der Waals surface area contributed by atoms with Crippen LogP contribution < -0.4 is 4.74 Å². The predicted octanol–water partition coefficient (Wildman–Crippen LogP) is 4.51. The van der Waals surface area contributed by atoms with E-state index in [1.807, 2.05) is 13.8 Å². The van der Waals surface area contributed by atoms with Gasteiger partial charge in [0.05, 0.1) is 5.56 Å². The summed E-state index contributed by atoms with van der Waals surface area (Å²) in [4.78, 5) is 24.5. The number of Topliss-reactive ketones (excluding diaryl/α,β-unsaturated/α-hetero) is 1. The number of benzene rings is 1. The summed E-state index contributed by atoms with van der Waals surface area (Å²) >= 11 is 0. The van der Waals surface area contributed by atoms with Crippen molar-refractivity contribution < 1.29 is 24.5 Å². The molecule has 0 radical (unpaired) electrons. The molecule has 0 aromatic heterocycles. The topological polar surface area (TPSA) is 83.8 Å². The van der Waals surface area contributed by atoms with Crippen LogP contribution in [0.2, 0.25) is 0 Å². The number of fused-ring (bicyclic) bond motifs is 1. The molecule has 1 aromatic rings. The molecular formula is C23H30O5. The minimum atomic E-state index is -0.456. The van der Waals surface area contributed by atoms with Crippen LogP contribution in [0.25, 0.3) is 0 Å². The summed E-state index contributed by atoms with van der Waals surface area (Å²) in [5, 5.41) is 21.6. The second-order valence-electron chi connectivity index (χ2n) is 10.4. The van der Waals surface area contributed by atoms with E-state index in [1.54, 1.807) is 0 Å². The lowest BCUT2D eigenvalue weighted by molar-refractivity contribution is -0.199. The fourth-order valence-corrected chi connectivity index (χ4v) is 5.93. The summed E-state index contributed by atoms with van der Waals surface area (Å²) in [6.07, 6.45) is 3.33. The summed E-state index contributed by atoms with van der Waals surface area (Å²) in [5.74, 6) is 0.313. The maximum atomic E-state index is 12.7. The largest absolute Gasteiger partial charge is 0.507 e. The van der Waals surface area contributed by atoms with Crippen molar-refractivity contribution in [1.82, 2.24) is 0 Å². The highest BCUT2D eigenvalue weighted by molar-refractivity contribution is 6.05. The third-order valence-corrected chi connectivity index (χ3v) is 7.66. The first-order valence-electron chi connectivity index (χ1n) is 10.3. The average molecular weight is 386 g/mol. The number of rotatable bonds is 4. The first-order chi connectivity index (χ1) is 13.0. The van der Waals surface area contributed by atoms with E-state index in [0.29, 0.717) is 30.1 Å². The van der Waals surface area contributed by atoms with Gasteiger partial charge in [-0.2, -0.15) is 0 Å². The zero-order valence-electron chi connectivity index (χ0n) is 17.3. The van der Waals surface area contributed by atoms with Crippen molar-refractivity contribution in [2.45, 2.75) is 66.4 Å². The first kappa shape index (κ1) is 19.3. The summed E-state index contributed by atoms with van der Waals surface area (Å²) in [7, 11) is 0. The van der Waals surface area contributed by atoms with Gasteiger partial charge in [0.25, 0.3) is 0 Å². The van der Waals surface area contributed by atoms with Crippen molar-refractivity contribution >= 4 is 12.1 Å². The Balaban J connectivity index is 1.84. The highest BCUT2D eigenvalue weighted by atomic mass is 16.5. The Hall–Kier alpha value is -2.04. The van der Waals surface area contributed by atoms with Crippen LogP contribution in [0.5, 0.6) is 17.2 Å². The van der Waals surface area contributed by atoms with Gasteiger partial charge in [-0.05, 0) is 36.5 Å². The lowest BCUT2D eigenvalue weighted by Crippen LogP contribution is -2.65. The third kappa shape index (κ3) is 2.44. The minimum Gasteiger partial charge on any atom is -0.507 e. The van der Waals surface area contributed by atoms with E-state index in [1.165, 1.54) is 0 Å². The van der Waals surface area contributed by atoms with Crippen LogP contribution in [0, 0.1) is 28.6 Å². The number of ether oxygens (including phenoxy) is 1. The number of ketones is 1. The van der Waals surface area contributed by atoms with Crippen molar-refractivity contribution in [2.75, 3.05) is 0 Å². The number of carbonyl (C=O) groups is 2. The third-order valence-electron chi connectivity index (χ3n) is 7.66. The normalized spacial score (nSPS) is 32.0. The fraction of sp³-hybridized carbons (Fsp3) is 0.652. The molecule has 3 saturated carbocycles. The second-order valence-corrected chi connectivity index (χ2v) is 10.4. The van der Waals surface area contributed by atoms with Crippen LogP contribution in [0.4, 0.5) is 0 Å². The molecule has 3 aliphatic carbocycles. The Morgan fingerprint density at radius 3 is 2.50 bits per heavy atom. The Bertz CT molecular complexity index is 868. The van der Waals surface area contributed by atoms with Crippen molar-refractivity contribution in [2.24, 2.45) is 28.6 Å². The molecule has 2 N–H and O–H groups in total. The number of phenols is 2. The molecule has 0 unspecified atom stereocenters. The van der Waals surface area contributed by atoms with Crippen LogP contribution in [0.3, 0.4) is 0 Å². The second kappa shape index (κ2) is 5.98. The molecule has 5 nitrogen and oxygen atoms in total. The van der Waals surface area contributed by atoms with Crippen LogP contribution >= 0.6 is 0 Å². The quantitative estimate of drug-likeness (QED) is 0.587. The van der Waals surface area contributed by atoms with Gasteiger partial charge in [-0.3, -0.25) is 9.59 Å². The number of hydrogen-bond acceptors (Lipinski definition) is 5. The average Bonchev–Trinajstić information content (AvgIpc) is 2.59. The molecule has 4 atom stereocenters. The summed E-state index contributed by atoms with van der Waals surface area (Å²) in [6.45, 7) is 10.5. The van der Waals surface area contributed by atoms with E-state index in [0.717, 1.165) is 12.8 Å². The molecular weight excluding hydrogens is 356 g/mol. The Morgan fingerprint density at radius 2 is 1.93 bits per heavy atom. The Labute approximate surface area is 166 Å². The van der Waals surface area contributed by atoms with Gasteiger partial charge in [-0.15, -0.1) is 0 Å². The maximum absolute atomic E-state index is 12.7. The van der Waals surface area contributed by atoms with E-state index < -0.39 is 5.75 Å². The molecule has 28 heavy (non-hydrogen) atoms. The fourth-order valence-electron chi connectivity index (χ4n) is 5.93. The number of carbonyl (C=O) groups excluding carboxylic acids is 2. The standard InChI is InChI=1S/C23H30O5/c1-11(2)6-16(25)17-18(26)13-9-23(5)8-12-7-15(22(12,3)4)21(23)28-20(13)14(10-24)19(17)27/h10-12,15,21,26-27H,6-9H2,1-5H3/t12-,15-,21-,23-/m1/s1. The lowest BCUT2D eigenvalue weighted by atomic mass is 9.41. The molecule has 0 saturated heterocycles. The molecule has 4 aliphatic rings. The van der Waals surface area contributed by atoms with Crippen molar-refractivity contribution in [3.63, 3.8) is 0 Å². The van der Waals surface area contributed by atoms with Crippen LogP contribution in [0.1, 0.15) is 80.2 Å². The predicted molar refractivity (Wildman–Crippen MR) is 105 cm³/mol. The van der Waals surface area contributed by atoms with Crippen molar-refractivity contribution in [1.29, 1.82) is 0 Å². The number of phenolic OH excluding ortho intramolecular Hbond substituents is 2. The van der Waals surface area contributed by atoms with Gasteiger partial charge in [0, 0.05) is 23.3 Å². The molecule has 1 aromatic carbocycles.